The van der Waals surface area contributed by atoms with E-state index in [1.54, 1.807) is 0 Å². The second-order valence-corrected chi connectivity index (χ2v) is 7.36. The Morgan fingerprint density at radius 2 is 1.92 bits per heavy atom. The number of benzene rings is 2. The van der Waals surface area contributed by atoms with Crippen molar-refractivity contribution >= 4 is 35.0 Å². The molecule has 0 saturated carbocycles. The van der Waals surface area contributed by atoms with Gasteiger partial charge < -0.3 is 10.3 Å². The smallest absolute Gasteiger partial charge is 0.123 e. The maximum atomic E-state index is 6.13. The van der Waals surface area contributed by atoms with Crippen molar-refractivity contribution in [1.29, 1.82) is 0 Å². The Morgan fingerprint density at radius 3 is 2.65 bits per heavy atom. The van der Waals surface area contributed by atoms with Crippen molar-refractivity contribution in [3.8, 4) is 0 Å². The lowest BCUT2D eigenvalue weighted by Gasteiger charge is -2.16. The Morgan fingerprint density at radius 1 is 1.15 bits per heavy atom. The highest BCUT2D eigenvalue weighted by Gasteiger charge is 2.33. The summed E-state index contributed by atoms with van der Waals surface area (Å²) in [6, 6.07) is 16.6. The van der Waals surface area contributed by atoms with E-state index in [-0.39, 0.29) is 12.4 Å². The summed E-state index contributed by atoms with van der Waals surface area (Å²) < 4.78 is 2.15. The Labute approximate surface area is 165 Å². The predicted octanol–water partition coefficient (Wildman–Crippen LogP) is 3.82. The quantitative estimate of drug-likeness (QED) is 0.736. The molecule has 2 aromatic carbocycles. The number of halogens is 2. The SMILES string of the molecule is Cl.Cn1c(CN2C[C@@H](CN)[C@H](c3ccccc3)C2)nc2ccc(Cl)cc21. The second-order valence-electron chi connectivity index (χ2n) is 6.93. The molecule has 6 heteroatoms. The molecular weight excluding hydrogens is 367 g/mol. The zero-order chi connectivity index (χ0) is 17.4. The van der Waals surface area contributed by atoms with E-state index in [1.807, 2.05) is 18.2 Å². The van der Waals surface area contributed by atoms with Crippen LogP contribution in [-0.4, -0.2) is 34.1 Å². The Kier molecular flexibility index (Phi) is 5.88. The number of hydrogen-bond acceptors (Lipinski definition) is 3. The van der Waals surface area contributed by atoms with E-state index in [1.165, 1.54) is 5.56 Å². The molecule has 138 valence electrons. The van der Waals surface area contributed by atoms with Crippen molar-refractivity contribution in [2.24, 2.45) is 18.7 Å². The van der Waals surface area contributed by atoms with Crippen LogP contribution in [0.1, 0.15) is 17.3 Å². The molecule has 4 rings (SSSR count). The molecule has 26 heavy (non-hydrogen) atoms. The number of rotatable bonds is 4. The fraction of sp³-hybridized carbons (Fsp3) is 0.350. The van der Waals surface area contributed by atoms with Crippen LogP contribution in [0.25, 0.3) is 11.0 Å². The van der Waals surface area contributed by atoms with E-state index in [2.05, 4.69) is 46.8 Å². The van der Waals surface area contributed by atoms with E-state index in [0.717, 1.165) is 41.5 Å². The monoisotopic (exact) mass is 390 g/mol. The summed E-state index contributed by atoms with van der Waals surface area (Å²) in [5.74, 6) is 2.06. The number of likely N-dealkylation sites (tertiary alicyclic amines) is 1. The van der Waals surface area contributed by atoms with Crippen molar-refractivity contribution in [2.45, 2.75) is 12.5 Å². The molecule has 2 atom stereocenters. The van der Waals surface area contributed by atoms with Gasteiger partial charge in [0.2, 0.25) is 0 Å². The summed E-state index contributed by atoms with van der Waals surface area (Å²) in [5, 5.41) is 0.746. The molecule has 4 nitrogen and oxygen atoms in total. The fourth-order valence-electron chi connectivity index (χ4n) is 3.96. The van der Waals surface area contributed by atoms with Gasteiger partial charge in [-0.2, -0.15) is 0 Å². The van der Waals surface area contributed by atoms with Gasteiger partial charge in [-0.15, -0.1) is 12.4 Å². The average Bonchev–Trinajstić information content (AvgIpc) is 3.18. The van der Waals surface area contributed by atoms with Crippen molar-refractivity contribution in [1.82, 2.24) is 14.5 Å². The van der Waals surface area contributed by atoms with Crippen molar-refractivity contribution in [2.75, 3.05) is 19.6 Å². The Balaban J connectivity index is 0.00000196. The molecule has 0 unspecified atom stereocenters. The molecule has 1 aliphatic heterocycles. The number of fused-ring (bicyclic) bond motifs is 1. The highest BCUT2D eigenvalue weighted by Crippen LogP contribution is 2.33. The number of nitrogens with two attached hydrogens (primary N) is 1. The Hall–Kier alpha value is -1.59. The van der Waals surface area contributed by atoms with E-state index in [4.69, 9.17) is 22.3 Å². The summed E-state index contributed by atoms with van der Waals surface area (Å²) in [7, 11) is 2.06. The standard InChI is InChI=1S/C20H23ClN4.ClH/c1-24-19-9-16(21)7-8-18(19)23-20(24)13-25-11-15(10-22)17(12-25)14-5-3-2-4-6-14;/h2-9,15,17H,10-13,22H2,1H3;1H/t15-,17+;/m1./s1. The minimum Gasteiger partial charge on any atom is -0.330 e. The van der Waals surface area contributed by atoms with Gasteiger partial charge in [-0.1, -0.05) is 41.9 Å². The van der Waals surface area contributed by atoms with Crippen LogP contribution in [0.4, 0.5) is 0 Å². The van der Waals surface area contributed by atoms with Crippen LogP contribution in [0.2, 0.25) is 5.02 Å². The highest BCUT2D eigenvalue weighted by atomic mass is 35.5. The minimum absolute atomic E-state index is 0. The van der Waals surface area contributed by atoms with Crippen LogP contribution >= 0.6 is 24.0 Å². The molecule has 0 bridgehead atoms. The highest BCUT2D eigenvalue weighted by molar-refractivity contribution is 6.31. The minimum atomic E-state index is 0. The van der Waals surface area contributed by atoms with Crippen molar-refractivity contribution in [3.63, 3.8) is 0 Å². The van der Waals surface area contributed by atoms with E-state index in [9.17, 15) is 0 Å². The van der Waals surface area contributed by atoms with Crippen LogP contribution in [-0.2, 0) is 13.6 Å². The number of aromatic nitrogens is 2. The van der Waals surface area contributed by atoms with Crippen LogP contribution in [0.15, 0.2) is 48.5 Å². The van der Waals surface area contributed by atoms with Gasteiger partial charge >= 0.3 is 0 Å². The molecule has 3 aromatic rings. The van der Waals surface area contributed by atoms with Gasteiger partial charge in [-0.25, -0.2) is 4.98 Å². The van der Waals surface area contributed by atoms with Crippen LogP contribution in [0.5, 0.6) is 0 Å². The molecule has 1 aliphatic rings. The zero-order valence-corrected chi connectivity index (χ0v) is 16.4. The average molecular weight is 391 g/mol. The molecule has 2 N–H and O–H groups in total. The molecule has 0 radical (unpaired) electrons. The van der Waals surface area contributed by atoms with Crippen molar-refractivity contribution in [3.05, 3.63) is 64.9 Å². The topological polar surface area (TPSA) is 47.1 Å². The van der Waals surface area contributed by atoms with E-state index in [0.29, 0.717) is 18.4 Å². The first-order valence-electron chi connectivity index (χ1n) is 8.74. The maximum absolute atomic E-state index is 6.13. The third kappa shape index (κ3) is 3.60. The van der Waals surface area contributed by atoms with Gasteiger partial charge in [0.1, 0.15) is 5.82 Å². The first kappa shape index (κ1) is 19.2. The summed E-state index contributed by atoms with van der Waals surface area (Å²) in [4.78, 5) is 7.27. The lowest BCUT2D eigenvalue weighted by molar-refractivity contribution is 0.306. The second kappa shape index (κ2) is 7.97. The predicted molar refractivity (Wildman–Crippen MR) is 110 cm³/mol. The van der Waals surface area contributed by atoms with E-state index < -0.39 is 0 Å². The fourth-order valence-corrected chi connectivity index (χ4v) is 4.13. The summed E-state index contributed by atoms with van der Waals surface area (Å²) in [6.45, 7) is 3.59. The normalized spacial score (nSPS) is 20.4. The zero-order valence-electron chi connectivity index (χ0n) is 14.8. The number of aryl methyl sites for hydroxylation is 1. The molecule has 2 heterocycles. The molecular formula is C20H24Cl2N4. The largest absolute Gasteiger partial charge is 0.330 e. The van der Waals surface area contributed by atoms with Crippen LogP contribution in [0.3, 0.4) is 0 Å². The van der Waals surface area contributed by atoms with Crippen LogP contribution < -0.4 is 5.73 Å². The first-order valence-corrected chi connectivity index (χ1v) is 9.11. The summed E-state index contributed by atoms with van der Waals surface area (Å²) in [6.07, 6.45) is 0. The lowest BCUT2D eigenvalue weighted by Crippen LogP contribution is -2.24. The molecule has 1 aromatic heterocycles. The van der Waals surface area contributed by atoms with Crippen LogP contribution in [0, 0.1) is 5.92 Å². The van der Waals surface area contributed by atoms with Gasteiger partial charge in [0.15, 0.2) is 0 Å². The third-order valence-electron chi connectivity index (χ3n) is 5.35. The van der Waals surface area contributed by atoms with Gasteiger partial charge in [0.25, 0.3) is 0 Å². The molecule has 0 aliphatic carbocycles. The van der Waals surface area contributed by atoms with Gasteiger partial charge in [-0.05, 0) is 36.2 Å². The van der Waals surface area contributed by atoms with Gasteiger partial charge in [0.05, 0.1) is 17.6 Å². The molecule has 0 amide bonds. The van der Waals surface area contributed by atoms with Crippen molar-refractivity contribution < 1.29 is 0 Å². The summed E-state index contributed by atoms with van der Waals surface area (Å²) in [5.41, 5.74) is 9.53. The lowest BCUT2D eigenvalue weighted by atomic mass is 9.89. The van der Waals surface area contributed by atoms with E-state index >= 15 is 0 Å². The molecule has 1 fully saturated rings. The van der Waals surface area contributed by atoms with Gasteiger partial charge in [0, 0.05) is 31.1 Å². The number of nitrogens with zero attached hydrogens (tertiary/aromatic N) is 3. The maximum Gasteiger partial charge on any atom is 0.123 e. The number of hydrogen-bond donors (Lipinski definition) is 1. The number of imidazole rings is 1. The third-order valence-corrected chi connectivity index (χ3v) is 5.58. The molecule has 1 saturated heterocycles. The molecule has 0 spiro atoms. The van der Waals surface area contributed by atoms with Gasteiger partial charge in [-0.3, -0.25) is 4.90 Å². The Bertz CT molecular complexity index is 878. The summed E-state index contributed by atoms with van der Waals surface area (Å²) >= 11 is 6.13. The first-order chi connectivity index (χ1) is 12.2.